The van der Waals surface area contributed by atoms with Crippen LogP contribution in [0.2, 0.25) is 0 Å². The number of rotatable bonds is 4. The van der Waals surface area contributed by atoms with Gasteiger partial charge in [0.25, 0.3) is 0 Å². The van der Waals surface area contributed by atoms with Crippen molar-refractivity contribution in [3.63, 3.8) is 0 Å². The second kappa shape index (κ2) is 8.11. The fourth-order valence-corrected chi connectivity index (χ4v) is 2.53. The first kappa shape index (κ1) is 16.8. The number of hydrogen-bond donors (Lipinski definition) is 2. The molecule has 110 valence electrons. The minimum atomic E-state index is -1.08. The van der Waals surface area contributed by atoms with Gasteiger partial charge in [-0.3, -0.25) is 0 Å². The van der Waals surface area contributed by atoms with Crippen molar-refractivity contribution in [1.29, 1.82) is 0 Å². The Morgan fingerprint density at radius 1 is 0.905 bits per heavy atom. The van der Waals surface area contributed by atoms with E-state index < -0.39 is 11.9 Å². The van der Waals surface area contributed by atoms with E-state index in [1.165, 1.54) is 30.0 Å². The summed E-state index contributed by atoms with van der Waals surface area (Å²) in [4.78, 5) is 23.3. The lowest BCUT2D eigenvalue weighted by molar-refractivity contribution is 0.0678. The van der Waals surface area contributed by atoms with E-state index in [-0.39, 0.29) is 11.1 Å². The molecule has 2 rings (SSSR count). The Hall–Kier alpha value is -2.27. The number of aromatic carboxylic acids is 2. The van der Waals surface area contributed by atoms with Gasteiger partial charge in [0.2, 0.25) is 0 Å². The van der Waals surface area contributed by atoms with Gasteiger partial charge in [0.1, 0.15) is 0 Å². The molecular formula is C16H16O4S. The number of carboxylic acid groups (broad SMARTS) is 2. The lowest BCUT2D eigenvalue weighted by atomic mass is 10.1. The average molecular weight is 304 g/mol. The van der Waals surface area contributed by atoms with E-state index >= 15 is 0 Å². The zero-order chi connectivity index (χ0) is 15.8. The summed E-state index contributed by atoms with van der Waals surface area (Å²) in [6.45, 7) is 4.00. The van der Waals surface area contributed by atoms with E-state index in [2.05, 4.69) is 0 Å². The highest BCUT2D eigenvalue weighted by atomic mass is 32.2. The number of benzene rings is 2. The highest BCUT2D eigenvalue weighted by Gasteiger charge is 2.14. The second-order valence-corrected chi connectivity index (χ2v) is 4.85. The van der Waals surface area contributed by atoms with E-state index in [0.29, 0.717) is 4.90 Å². The maximum Gasteiger partial charge on any atom is 0.336 e. The van der Waals surface area contributed by atoms with Gasteiger partial charge in [0.15, 0.2) is 0 Å². The summed E-state index contributed by atoms with van der Waals surface area (Å²) < 4.78 is 0. The Morgan fingerprint density at radius 2 is 1.52 bits per heavy atom. The van der Waals surface area contributed by atoms with Crippen LogP contribution < -0.4 is 0 Å². The Labute approximate surface area is 127 Å². The van der Waals surface area contributed by atoms with Crippen LogP contribution in [-0.4, -0.2) is 22.2 Å². The summed E-state index contributed by atoms with van der Waals surface area (Å²) in [5.74, 6) is -2.15. The van der Waals surface area contributed by atoms with Crippen molar-refractivity contribution in [3.8, 4) is 0 Å². The Balaban J connectivity index is 0.00000106. The smallest absolute Gasteiger partial charge is 0.336 e. The fraction of sp³-hybridized carbons (Fsp3) is 0.125. The van der Waals surface area contributed by atoms with Gasteiger partial charge in [0.05, 0.1) is 11.1 Å². The molecule has 0 amide bonds. The molecule has 2 N–H and O–H groups in total. The van der Waals surface area contributed by atoms with Crippen LogP contribution >= 0.6 is 11.8 Å². The topological polar surface area (TPSA) is 74.6 Å². The third-order valence-electron chi connectivity index (χ3n) is 2.43. The molecule has 0 aliphatic heterocycles. The first-order chi connectivity index (χ1) is 10.1. The fourth-order valence-electron chi connectivity index (χ4n) is 1.53. The molecule has 4 nitrogen and oxygen atoms in total. The maximum absolute atomic E-state index is 11.1. The molecule has 0 aliphatic rings. The Kier molecular flexibility index (Phi) is 6.49. The van der Waals surface area contributed by atoms with E-state index in [0.717, 1.165) is 4.90 Å². The molecule has 0 aliphatic carbocycles. The van der Waals surface area contributed by atoms with Crippen molar-refractivity contribution in [3.05, 3.63) is 59.7 Å². The van der Waals surface area contributed by atoms with Crippen molar-refractivity contribution in [2.75, 3.05) is 0 Å². The molecule has 0 spiro atoms. The maximum atomic E-state index is 11.1. The minimum Gasteiger partial charge on any atom is -0.478 e. The van der Waals surface area contributed by atoms with Crippen LogP contribution in [0.1, 0.15) is 34.6 Å². The van der Waals surface area contributed by atoms with Crippen molar-refractivity contribution >= 4 is 23.7 Å². The van der Waals surface area contributed by atoms with E-state index in [9.17, 15) is 9.59 Å². The summed E-state index contributed by atoms with van der Waals surface area (Å²) >= 11 is 1.23. The van der Waals surface area contributed by atoms with Crippen LogP contribution in [0, 0.1) is 0 Å². The number of carbonyl (C=O) groups is 2. The van der Waals surface area contributed by atoms with Crippen molar-refractivity contribution in [1.82, 2.24) is 0 Å². The van der Waals surface area contributed by atoms with Gasteiger partial charge in [0, 0.05) is 9.79 Å². The largest absolute Gasteiger partial charge is 0.478 e. The highest BCUT2D eigenvalue weighted by Crippen LogP contribution is 2.31. The molecule has 2 aromatic carbocycles. The van der Waals surface area contributed by atoms with Crippen LogP contribution in [0.3, 0.4) is 0 Å². The van der Waals surface area contributed by atoms with Crippen molar-refractivity contribution in [2.45, 2.75) is 23.6 Å². The quantitative estimate of drug-likeness (QED) is 0.882. The molecule has 2 aromatic rings. The summed E-state index contributed by atoms with van der Waals surface area (Å²) in [5.41, 5.74) is 0.169. The first-order valence-corrected chi connectivity index (χ1v) is 7.23. The van der Waals surface area contributed by atoms with Crippen LogP contribution in [0.5, 0.6) is 0 Å². The second-order valence-electron chi connectivity index (χ2n) is 3.74. The predicted molar refractivity (Wildman–Crippen MR) is 82.3 cm³/mol. The molecule has 0 aromatic heterocycles. The Bertz CT molecular complexity index is 623. The van der Waals surface area contributed by atoms with Gasteiger partial charge in [-0.05, 0) is 30.3 Å². The van der Waals surface area contributed by atoms with Crippen molar-refractivity contribution in [2.24, 2.45) is 0 Å². The molecule has 0 atom stereocenters. The van der Waals surface area contributed by atoms with Gasteiger partial charge in [-0.25, -0.2) is 9.59 Å². The zero-order valence-electron chi connectivity index (χ0n) is 11.7. The number of hydrogen-bond acceptors (Lipinski definition) is 3. The van der Waals surface area contributed by atoms with Gasteiger partial charge in [-0.15, -0.1) is 0 Å². The third-order valence-corrected chi connectivity index (χ3v) is 3.50. The summed E-state index contributed by atoms with van der Waals surface area (Å²) in [6.07, 6.45) is 0. The van der Waals surface area contributed by atoms with Gasteiger partial charge in [-0.1, -0.05) is 43.8 Å². The molecule has 5 heteroatoms. The monoisotopic (exact) mass is 304 g/mol. The standard InChI is InChI=1S/C14H10O4S.C2H6/c15-13(16)9-6-7-11(14(17)18)12(8-9)19-10-4-2-1-3-5-10;1-2/h1-8H,(H,15,16)(H,17,18);1-2H3. The summed E-state index contributed by atoms with van der Waals surface area (Å²) in [5, 5.41) is 18.1. The van der Waals surface area contributed by atoms with Crippen LogP contribution in [0.4, 0.5) is 0 Å². The minimum absolute atomic E-state index is 0.0726. The third kappa shape index (κ3) is 4.65. The molecule has 0 fully saturated rings. The number of carboxylic acids is 2. The Morgan fingerprint density at radius 3 is 2.05 bits per heavy atom. The van der Waals surface area contributed by atoms with Crippen LogP contribution in [0.25, 0.3) is 0 Å². The van der Waals surface area contributed by atoms with Crippen LogP contribution in [0.15, 0.2) is 58.3 Å². The van der Waals surface area contributed by atoms with Crippen molar-refractivity contribution < 1.29 is 19.8 Å². The average Bonchev–Trinajstić information content (AvgIpc) is 2.50. The van der Waals surface area contributed by atoms with E-state index in [1.54, 1.807) is 0 Å². The SMILES string of the molecule is CC.O=C(O)c1ccc(C(=O)O)c(Sc2ccccc2)c1. The predicted octanol–water partition coefficient (Wildman–Crippen LogP) is 4.26. The normalized spacial score (nSPS) is 9.43. The van der Waals surface area contributed by atoms with Gasteiger partial charge >= 0.3 is 11.9 Å². The molecule has 21 heavy (non-hydrogen) atoms. The molecule has 0 unspecified atom stereocenters. The molecule has 0 saturated carbocycles. The molecule has 0 bridgehead atoms. The lowest BCUT2D eigenvalue weighted by Gasteiger charge is -2.07. The lowest BCUT2D eigenvalue weighted by Crippen LogP contribution is -2.02. The van der Waals surface area contributed by atoms with Gasteiger partial charge < -0.3 is 10.2 Å². The highest BCUT2D eigenvalue weighted by molar-refractivity contribution is 7.99. The van der Waals surface area contributed by atoms with E-state index in [1.807, 2.05) is 44.2 Å². The van der Waals surface area contributed by atoms with Crippen LogP contribution in [-0.2, 0) is 0 Å². The zero-order valence-corrected chi connectivity index (χ0v) is 12.6. The molecule has 0 heterocycles. The summed E-state index contributed by atoms with van der Waals surface area (Å²) in [6, 6.07) is 13.2. The van der Waals surface area contributed by atoms with Gasteiger partial charge in [-0.2, -0.15) is 0 Å². The summed E-state index contributed by atoms with van der Waals surface area (Å²) in [7, 11) is 0. The molecule has 0 radical (unpaired) electrons. The molecular weight excluding hydrogens is 288 g/mol. The van der Waals surface area contributed by atoms with E-state index in [4.69, 9.17) is 10.2 Å². The first-order valence-electron chi connectivity index (χ1n) is 6.41. The molecule has 0 saturated heterocycles.